The molecule has 2 aromatic heterocycles. The summed E-state index contributed by atoms with van der Waals surface area (Å²) in [5.41, 5.74) is 1.62. The van der Waals surface area contributed by atoms with Crippen LogP contribution in [0.4, 0.5) is 5.69 Å². The molecular weight excluding hydrogens is 400 g/mol. The van der Waals surface area contributed by atoms with Crippen LogP contribution in [-0.2, 0) is 27.8 Å². The molecule has 0 saturated carbocycles. The molecule has 0 aliphatic carbocycles. The van der Waals surface area contributed by atoms with Gasteiger partial charge in [0.25, 0.3) is 0 Å². The molecule has 0 bridgehead atoms. The van der Waals surface area contributed by atoms with Crippen molar-refractivity contribution in [2.45, 2.75) is 31.2 Å². The number of fused-ring (bicyclic) bond motifs is 1. The lowest BCUT2D eigenvalue weighted by atomic mass is 10.0. The van der Waals surface area contributed by atoms with Crippen molar-refractivity contribution in [2.75, 3.05) is 11.4 Å². The van der Waals surface area contributed by atoms with Crippen LogP contribution >= 0.6 is 11.3 Å². The standard InChI is InChI=1S/C18H18N4O4S2/c1-12(23)22-8-2-4-13-10-14(6-7-15(13)22)28(24,25)19-11-17-20-18(21-26-17)16-5-3-9-27-16/h3,5-7,9-10,19H,2,4,8,11H2,1H3. The van der Waals surface area contributed by atoms with Gasteiger partial charge in [-0.3, -0.25) is 4.79 Å². The van der Waals surface area contributed by atoms with Gasteiger partial charge in [-0.2, -0.15) is 4.98 Å². The fraction of sp³-hybridized carbons (Fsp3) is 0.278. The highest BCUT2D eigenvalue weighted by Crippen LogP contribution is 2.29. The van der Waals surface area contributed by atoms with Gasteiger partial charge in [-0.05, 0) is 48.1 Å². The Hall–Kier alpha value is -2.56. The lowest BCUT2D eigenvalue weighted by Gasteiger charge is -2.28. The van der Waals surface area contributed by atoms with Crippen LogP contribution in [0.1, 0.15) is 24.8 Å². The van der Waals surface area contributed by atoms with Crippen LogP contribution in [0, 0.1) is 0 Å². The van der Waals surface area contributed by atoms with Gasteiger partial charge in [-0.25, -0.2) is 13.1 Å². The summed E-state index contributed by atoms with van der Waals surface area (Å²) >= 11 is 1.47. The SMILES string of the molecule is CC(=O)N1CCCc2cc(S(=O)(=O)NCc3nc(-c4cccs4)no3)ccc21. The van der Waals surface area contributed by atoms with Gasteiger partial charge >= 0.3 is 0 Å². The van der Waals surface area contributed by atoms with Crippen LogP contribution in [0.3, 0.4) is 0 Å². The van der Waals surface area contributed by atoms with E-state index in [1.807, 2.05) is 17.5 Å². The third kappa shape index (κ3) is 3.71. The topological polar surface area (TPSA) is 105 Å². The Morgan fingerprint density at radius 3 is 2.96 bits per heavy atom. The molecule has 3 heterocycles. The van der Waals surface area contributed by atoms with Crippen LogP contribution in [0.2, 0.25) is 0 Å². The number of amides is 1. The Kier molecular flexibility index (Phi) is 5.00. The monoisotopic (exact) mass is 418 g/mol. The van der Waals surface area contributed by atoms with E-state index in [9.17, 15) is 13.2 Å². The first kappa shape index (κ1) is 18.8. The zero-order chi connectivity index (χ0) is 19.7. The summed E-state index contributed by atoms with van der Waals surface area (Å²) in [4.78, 5) is 18.6. The van der Waals surface area contributed by atoms with Crippen molar-refractivity contribution in [3.05, 3.63) is 47.2 Å². The van der Waals surface area contributed by atoms with Gasteiger partial charge in [-0.1, -0.05) is 11.2 Å². The fourth-order valence-electron chi connectivity index (χ4n) is 3.14. The third-order valence-corrected chi connectivity index (χ3v) is 6.75. The zero-order valence-corrected chi connectivity index (χ0v) is 16.7. The molecule has 1 aliphatic heterocycles. The van der Waals surface area contributed by atoms with Crippen molar-refractivity contribution in [2.24, 2.45) is 0 Å². The maximum Gasteiger partial charge on any atom is 0.242 e. The van der Waals surface area contributed by atoms with Crippen LogP contribution in [0.15, 0.2) is 45.1 Å². The number of sulfonamides is 1. The molecule has 1 amide bonds. The summed E-state index contributed by atoms with van der Waals surface area (Å²) in [7, 11) is -3.75. The number of carbonyl (C=O) groups excluding carboxylic acids is 1. The maximum atomic E-state index is 12.7. The smallest absolute Gasteiger partial charge is 0.242 e. The van der Waals surface area contributed by atoms with Gasteiger partial charge in [0.1, 0.15) is 0 Å². The number of nitrogens with one attached hydrogen (secondary N) is 1. The molecule has 1 aromatic carbocycles. The van der Waals surface area contributed by atoms with Crippen LogP contribution in [-0.4, -0.2) is 31.0 Å². The van der Waals surface area contributed by atoms with Crippen LogP contribution in [0.5, 0.6) is 0 Å². The number of aryl methyl sites for hydroxylation is 1. The Morgan fingerprint density at radius 2 is 2.21 bits per heavy atom. The third-order valence-electron chi connectivity index (χ3n) is 4.48. The van der Waals surface area contributed by atoms with E-state index in [0.29, 0.717) is 12.4 Å². The second-order valence-electron chi connectivity index (χ2n) is 6.38. The summed E-state index contributed by atoms with van der Waals surface area (Å²) in [6.45, 7) is 2.06. The van der Waals surface area contributed by atoms with Crippen molar-refractivity contribution in [1.29, 1.82) is 0 Å². The van der Waals surface area contributed by atoms with Gasteiger partial charge in [0.2, 0.25) is 27.6 Å². The highest BCUT2D eigenvalue weighted by molar-refractivity contribution is 7.89. The van der Waals surface area contributed by atoms with Crippen molar-refractivity contribution < 1.29 is 17.7 Å². The largest absolute Gasteiger partial charge is 0.337 e. The molecule has 1 N–H and O–H groups in total. The highest BCUT2D eigenvalue weighted by Gasteiger charge is 2.23. The fourth-order valence-corrected chi connectivity index (χ4v) is 4.81. The van der Waals surface area contributed by atoms with E-state index in [1.165, 1.54) is 24.3 Å². The summed E-state index contributed by atoms with van der Waals surface area (Å²) in [6.07, 6.45) is 1.54. The zero-order valence-electron chi connectivity index (χ0n) is 15.1. The predicted octanol–water partition coefficient (Wildman–Crippen LogP) is 2.58. The van der Waals surface area contributed by atoms with Crippen molar-refractivity contribution in [3.8, 4) is 10.7 Å². The maximum absolute atomic E-state index is 12.7. The summed E-state index contributed by atoms with van der Waals surface area (Å²) < 4.78 is 32.9. The molecule has 0 spiro atoms. The van der Waals surface area contributed by atoms with Crippen molar-refractivity contribution in [3.63, 3.8) is 0 Å². The van der Waals surface area contributed by atoms with E-state index >= 15 is 0 Å². The number of carbonyl (C=O) groups is 1. The van der Waals surface area contributed by atoms with E-state index in [2.05, 4.69) is 14.9 Å². The number of thiophene rings is 1. The molecule has 0 fully saturated rings. The molecule has 0 unspecified atom stereocenters. The van der Waals surface area contributed by atoms with Gasteiger partial charge in [0.05, 0.1) is 16.3 Å². The Labute approximate surface area is 166 Å². The molecule has 10 heteroatoms. The molecular formula is C18H18N4O4S2. The molecule has 146 valence electrons. The Morgan fingerprint density at radius 1 is 1.36 bits per heavy atom. The molecule has 8 nitrogen and oxygen atoms in total. The number of hydrogen-bond donors (Lipinski definition) is 1. The molecule has 1 aliphatic rings. The van der Waals surface area contributed by atoms with E-state index in [-0.39, 0.29) is 23.2 Å². The van der Waals surface area contributed by atoms with Gasteiger partial charge in [0, 0.05) is 19.2 Å². The number of aromatic nitrogens is 2. The number of hydrogen-bond acceptors (Lipinski definition) is 7. The summed E-state index contributed by atoms with van der Waals surface area (Å²) in [5.74, 6) is 0.572. The summed E-state index contributed by atoms with van der Waals surface area (Å²) in [6, 6.07) is 8.56. The number of nitrogens with zero attached hydrogens (tertiary/aromatic N) is 3. The molecule has 3 aromatic rings. The molecule has 4 rings (SSSR count). The molecule has 28 heavy (non-hydrogen) atoms. The Bertz CT molecular complexity index is 1110. The normalized spacial score (nSPS) is 14.1. The van der Waals surface area contributed by atoms with E-state index in [1.54, 1.807) is 17.0 Å². The highest BCUT2D eigenvalue weighted by atomic mass is 32.2. The first-order valence-corrected chi connectivity index (χ1v) is 11.1. The van der Waals surface area contributed by atoms with Gasteiger partial charge in [0.15, 0.2) is 0 Å². The van der Waals surface area contributed by atoms with E-state index < -0.39 is 10.0 Å². The quantitative estimate of drug-likeness (QED) is 0.683. The van der Waals surface area contributed by atoms with Crippen molar-refractivity contribution in [1.82, 2.24) is 14.9 Å². The minimum absolute atomic E-state index is 0.0485. The molecule has 0 atom stereocenters. The number of rotatable bonds is 5. The minimum atomic E-state index is -3.75. The second-order valence-corrected chi connectivity index (χ2v) is 9.09. The van der Waals surface area contributed by atoms with E-state index in [0.717, 1.165) is 29.0 Å². The Balaban J connectivity index is 1.50. The molecule has 0 saturated heterocycles. The van der Waals surface area contributed by atoms with Gasteiger partial charge < -0.3 is 9.42 Å². The van der Waals surface area contributed by atoms with Crippen molar-refractivity contribution >= 4 is 33.0 Å². The predicted molar refractivity (Wildman–Crippen MR) is 104 cm³/mol. The second kappa shape index (κ2) is 7.46. The number of benzene rings is 1. The van der Waals surface area contributed by atoms with Crippen LogP contribution < -0.4 is 9.62 Å². The lowest BCUT2D eigenvalue weighted by Crippen LogP contribution is -2.33. The first-order valence-electron chi connectivity index (χ1n) is 8.71. The molecule has 0 radical (unpaired) electrons. The average Bonchev–Trinajstić information content (AvgIpc) is 3.37. The summed E-state index contributed by atoms with van der Waals surface area (Å²) in [5, 5.41) is 5.77. The lowest BCUT2D eigenvalue weighted by molar-refractivity contribution is -0.116. The van der Waals surface area contributed by atoms with Crippen LogP contribution in [0.25, 0.3) is 10.7 Å². The minimum Gasteiger partial charge on any atom is -0.337 e. The number of anilines is 1. The van der Waals surface area contributed by atoms with E-state index in [4.69, 9.17) is 4.52 Å². The first-order chi connectivity index (χ1) is 13.4. The van der Waals surface area contributed by atoms with Gasteiger partial charge in [-0.15, -0.1) is 11.3 Å². The average molecular weight is 419 g/mol.